The Morgan fingerprint density at radius 2 is 2.30 bits per heavy atom. The van der Waals surface area contributed by atoms with Gasteiger partial charge in [-0.25, -0.2) is 0 Å². The number of aliphatic imine (C=N–C) groups is 1. The van der Waals surface area contributed by atoms with Gasteiger partial charge in [0.2, 0.25) is 0 Å². The van der Waals surface area contributed by atoms with E-state index in [1.54, 1.807) is 12.3 Å². The summed E-state index contributed by atoms with van der Waals surface area (Å²) in [5.74, 6) is 0. The van der Waals surface area contributed by atoms with Crippen molar-refractivity contribution in [1.29, 1.82) is 0 Å². The molecule has 0 spiro atoms. The molecule has 0 N–H and O–H groups in total. The van der Waals surface area contributed by atoms with E-state index in [4.69, 9.17) is 0 Å². The first-order chi connectivity index (χ1) is 4.84. The Morgan fingerprint density at radius 3 is 2.80 bits per heavy atom. The Kier molecular flexibility index (Phi) is 2.43. The summed E-state index contributed by atoms with van der Waals surface area (Å²) < 4.78 is 0. The minimum Gasteiger partial charge on any atom is -0.261 e. The number of allylic oxidation sites excluding steroid dienone is 3. The van der Waals surface area contributed by atoms with E-state index < -0.39 is 0 Å². The molecule has 0 aromatic carbocycles. The van der Waals surface area contributed by atoms with Crippen LogP contribution in [0.1, 0.15) is 26.2 Å². The van der Waals surface area contributed by atoms with Gasteiger partial charge in [-0.3, -0.25) is 4.99 Å². The zero-order chi connectivity index (χ0) is 7.40. The van der Waals surface area contributed by atoms with Crippen molar-refractivity contribution in [2.24, 2.45) is 4.99 Å². The Labute approximate surface area is 62.2 Å². The Bertz CT molecular complexity index is 187. The van der Waals surface area contributed by atoms with Crippen molar-refractivity contribution in [2.45, 2.75) is 26.2 Å². The molecule has 0 saturated heterocycles. The van der Waals surface area contributed by atoms with Crippen LogP contribution in [-0.4, -0.2) is 6.21 Å². The van der Waals surface area contributed by atoms with E-state index in [0.29, 0.717) is 0 Å². The molecule has 0 aromatic rings. The summed E-state index contributed by atoms with van der Waals surface area (Å²) in [4.78, 5) is 4.26. The number of hydrogen-bond acceptors (Lipinski definition) is 1. The van der Waals surface area contributed by atoms with Crippen LogP contribution >= 0.6 is 0 Å². The third-order valence-electron chi connectivity index (χ3n) is 1.79. The molecule has 0 aliphatic heterocycles. The van der Waals surface area contributed by atoms with E-state index >= 15 is 0 Å². The molecular formula is C9H13N. The fourth-order valence-electron chi connectivity index (χ4n) is 1.20. The summed E-state index contributed by atoms with van der Waals surface area (Å²) >= 11 is 0. The minimum atomic E-state index is 1.15. The zero-order valence-corrected chi connectivity index (χ0v) is 6.43. The summed E-state index contributed by atoms with van der Waals surface area (Å²) in [5.41, 5.74) is 2.71. The van der Waals surface area contributed by atoms with E-state index in [2.05, 4.69) is 18.5 Å². The van der Waals surface area contributed by atoms with Crippen LogP contribution in [0, 0.1) is 0 Å². The van der Waals surface area contributed by atoms with Crippen molar-refractivity contribution < 1.29 is 0 Å². The van der Waals surface area contributed by atoms with Crippen LogP contribution in [0.5, 0.6) is 0 Å². The molecule has 0 aromatic heterocycles. The van der Waals surface area contributed by atoms with E-state index in [-0.39, 0.29) is 0 Å². The quantitative estimate of drug-likeness (QED) is 0.516. The van der Waals surface area contributed by atoms with Crippen LogP contribution in [0.4, 0.5) is 0 Å². The zero-order valence-electron chi connectivity index (χ0n) is 6.43. The SMILES string of the molecule is C=C/C=N\C1=C(C)CCC1. The van der Waals surface area contributed by atoms with Crippen LogP contribution in [0.15, 0.2) is 28.9 Å². The van der Waals surface area contributed by atoms with Crippen molar-refractivity contribution in [1.82, 2.24) is 0 Å². The maximum absolute atomic E-state index is 4.26. The van der Waals surface area contributed by atoms with Crippen molar-refractivity contribution >= 4 is 6.21 Å². The maximum atomic E-state index is 4.26. The van der Waals surface area contributed by atoms with E-state index in [9.17, 15) is 0 Å². The molecule has 1 aliphatic carbocycles. The molecule has 1 aliphatic rings. The minimum absolute atomic E-state index is 1.15. The fourth-order valence-corrected chi connectivity index (χ4v) is 1.20. The molecular weight excluding hydrogens is 122 g/mol. The van der Waals surface area contributed by atoms with Crippen molar-refractivity contribution in [2.75, 3.05) is 0 Å². The molecule has 0 saturated carbocycles. The van der Waals surface area contributed by atoms with Gasteiger partial charge in [-0.05, 0) is 26.2 Å². The Hall–Kier alpha value is -0.850. The third kappa shape index (κ3) is 1.56. The van der Waals surface area contributed by atoms with Gasteiger partial charge in [0.1, 0.15) is 0 Å². The van der Waals surface area contributed by atoms with Crippen molar-refractivity contribution in [3.8, 4) is 0 Å². The largest absolute Gasteiger partial charge is 0.261 e. The van der Waals surface area contributed by atoms with Gasteiger partial charge in [0, 0.05) is 11.9 Å². The first-order valence-corrected chi connectivity index (χ1v) is 3.68. The van der Waals surface area contributed by atoms with Crippen LogP contribution in [0.3, 0.4) is 0 Å². The highest BCUT2D eigenvalue weighted by Crippen LogP contribution is 2.25. The van der Waals surface area contributed by atoms with Gasteiger partial charge in [-0.15, -0.1) is 0 Å². The van der Waals surface area contributed by atoms with Gasteiger partial charge in [0.05, 0.1) is 0 Å². The average molecular weight is 135 g/mol. The molecule has 54 valence electrons. The lowest BCUT2D eigenvalue weighted by Crippen LogP contribution is -1.74. The lowest BCUT2D eigenvalue weighted by molar-refractivity contribution is 0.889. The van der Waals surface area contributed by atoms with E-state index in [1.807, 2.05) is 0 Å². The molecule has 0 radical (unpaired) electrons. The highest BCUT2D eigenvalue weighted by Gasteiger charge is 2.07. The first-order valence-electron chi connectivity index (χ1n) is 3.68. The molecule has 1 heteroatoms. The predicted molar refractivity (Wildman–Crippen MR) is 45.2 cm³/mol. The predicted octanol–water partition coefficient (Wildman–Crippen LogP) is 2.70. The van der Waals surface area contributed by atoms with Gasteiger partial charge in [0.15, 0.2) is 0 Å². The second-order valence-electron chi connectivity index (χ2n) is 2.59. The number of hydrogen-bond donors (Lipinski definition) is 0. The van der Waals surface area contributed by atoms with E-state index in [1.165, 1.54) is 24.1 Å². The monoisotopic (exact) mass is 135 g/mol. The topological polar surface area (TPSA) is 12.4 Å². The third-order valence-corrected chi connectivity index (χ3v) is 1.79. The van der Waals surface area contributed by atoms with Gasteiger partial charge in [0.25, 0.3) is 0 Å². The van der Waals surface area contributed by atoms with Crippen molar-refractivity contribution in [3.05, 3.63) is 23.9 Å². The second kappa shape index (κ2) is 3.35. The Balaban J connectivity index is 2.62. The normalized spacial score (nSPS) is 18.9. The first kappa shape index (κ1) is 7.26. The molecule has 1 nitrogen and oxygen atoms in total. The molecule has 1 rings (SSSR count). The summed E-state index contributed by atoms with van der Waals surface area (Å²) in [7, 11) is 0. The fraction of sp³-hybridized carbons (Fsp3) is 0.444. The molecule has 0 heterocycles. The van der Waals surface area contributed by atoms with Crippen LogP contribution in [0.25, 0.3) is 0 Å². The summed E-state index contributed by atoms with van der Waals surface area (Å²) in [5, 5.41) is 0. The molecule has 0 bridgehead atoms. The van der Waals surface area contributed by atoms with E-state index in [0.717, 1.165) is 6.42 Å². The van der Waals surface area contributed by atoms with Crippen molar-refractivity contribution in [3.63, 3.8) is 0 Å². The molecule has 10 heavy (non-hydrogen) atoms. The molecule has 0 unspecified atom stereocenters. The molecule has 0 fully saturated rings. The summed E-state index contributed by atoms with van der Waals surface area (Å²) in [6.45, 7) is 5.73. The molecule has 0 amide bonds. The number of nitrogens with zero attached hydrogens (tertiary/aromatic N) is 1. The summed E-state index contributed by atoms with van der Waals surface area (Å²) in [6, 6.07) is 0. The lowest BCUT2D eigenvalue weighted by Gasteiger charge is -1.91. The van der Waals surface area contributed by atoms with Crippen LogP contribution in [0.2, 0.25) is 0 Å². The average Bonchev–Trinajstić information content (AvgIpc) is 2.31. The Morgan fingerprint density at radius 1 is 1.50 bits per heavy atom. The maximum Gasteiger partial charge on any atom is 0.0392 e. The van der Waals surface area contributed by atoms with Gasteiger partial charge in [-0.2, -0.15) is 0 Å². The van der Waals surface area contributed by atoms with Crippen LogP contribution < -0.4 is 0 Å². The highest BCUT2D eigenvalue weighted by molar-refractivity contribution is 5.71. The second-order valence-corrected chi connectivity index (χ2v) is 2.59. The number of rotatable bonds is 2. The van der Waals surface area contributed by atoms with Gasteiger partial charge < -0.3 is 0 Å². The van der Waals surface area contributed by atoms with Gasteiger partial charge >= 0.3 is 0 Å². The lowest BCUT2D eigenvalue weighted by atomic mass is 10.3. The van der Waals surface area contributed by atoms with Gasteiger partial charge in [-0.1, -0.05) is 18.2 Å². The highest BCUT2D eigenvalue weighted by atomic mass is 14.7. The smallest absolute Gasteiger partial charge is 0.0392 e. The standard InChI is InChI=1S/C9H13N/c1-3-7-10-9-6-4-5-8(9)2/h3,7H,1,4-6H2,2H3/b10-7-. The summed E-state index contributed by atoms with van der Waals surface area (Å²) in [6.07, 6.45) is 7.14. The van der Waals surface area contributed by atoms with Crippen LogP contribution in [-0.2, 0) is 0 Å². The molecule has 0 atom stereocenters.